The van der Waals surface area contributed by atoms with Gasteiger partial charge in [0.25, 0.3) is 0 Å². The van der Waals surface area contributed by atoms with Gasteiger partial charge in [-0.05, 0) is 59.0 Å². The van der Waals surface area contributed by atoms with Crippen LogP contribution in [0.2, 0.25) is 0 Å². The highest BCUT2D eigenvalue weighted by atomic mass is 32.2. The maximum atomic E-state index is 2.30. The molecular weight excluding hydrogens is 296 g/mol. The number of fused-ring (bicyclic) bond motifs is 3. The minimum absolute atomic E-state index is 0.109. The largest absolute Gasteiger partial charge is 0.144 e. The van der Waals surface area contributed by atoms with Crippen molar-refractivity contribution in [3.05, 3.63) is 94.5 Å². The fraction of sp³-hybridized carbons (Fsp3) is 0.182. The molecule has 0 aliphatic heterocycles. The lowest BCUT2D eigenvalue weighted by Gasteiger charge is -2.33. The van der Waals surface area contributed by atoms with Crippen LogP contribution in [0.3, 0.4) is 0 Å². The fourth-order valence-electron chi connectivity index (χ4n) is 4.16. The van der Waals surface area contributed by atoms with Crippen LogP contribution in [-0.2, 0) is 4.75 Å². The first-order chi connectivity index (χ1) is 11.2. The lowest BCUT2D eigenvalue weighted by Crippen LogP contribution is -2.24. The van der Waals surface area contributed by atoms with Gasteiger partial charge in [0.15, 0.2) is 0 Å². The molecular formula is C22H20S. The highest BCUT2D eigenvalue weighted by Gasteiger charge is 2.45. The molecule has 0 atom stereocenters. The third kappa shape index (κ3) is 1.86. The molecule has 0 N–H and O–H groups in total. The third-order valence-electron chi connectivity index (χ3n) is 5.04. The zero-order valence-electron chi connectivity index (χ0n) is 13.8. The van der Waals surface area contributed by atoms with Crippen LogP contribution in [0.5, 0.6) is 0 Å². The van der Waals surface area contributed by atoms with Gasteiger partial charge in [-0.1, -0.05) is 66.7 Å². The smallest absolute Gasteiger partial charge is 0.0921 e. The molecule has 3 aromatic carbocycles. The Morgan fingerprint density at radius 1 is 0.652 bits per heavy atom. The molecule has 0 saturated heterocycles. The molecule has 0 nitrogen and oxygen atoms in total. The predicted molar refractivity (Wildman–Crippen MR) is 101 cm³/mol. The Hall–Kier alpha value is -1.99. The standard InChI is InChI=1S/C22H20S/c1-15-9-8-10-16(2)21(15)22(23-3)19-13-6-4-11-17(19)18-12-5-7-14-20(18)22/h4-14H,1-3H3. The summed E-state index contributed by atoms with van der Waals surface area (Å²) in [4.78, 5) is 0. The molecule has 1 aliphatic carbocycles. The van der Waals surface area contributed by atoms with E-state index >= 15 is 0 Å². The number of hydrogen-bond acceptors (Lipinski definition) is 1. The van der Waals surface area contributed by atoms with Gasteiger partial charge in [0, 0.05) is 0 Å². The lowest BCUT2D eigenvalue weighted by atomic mass is 9.83. The summed E-state index contributed by atoms with van der Waals surface area (Å²) >= 11 is 1.95. The van der Waals surface area contributed by atoms with Gasteiger partial charge in [-0.3, -0.25) is 0 Å². The number of hydrogen-bond donors (Lipinski definition) is 0. The topological polar surface area (TPSA) is 0 Å². The van der Waals surface area contributed by atoms with Crippen molar-refractivity contribution in [2.45, 2.75) is 18.6 Å². The van der Waals surface area contributed by atoms with Crippen molar-refractivity contribution in [2.24, 2.45) is 0 Å². The lowest BCUT2D eigenvalue weighted by molar-refractivity contribution is 0.904. The molecule has 0 fully saturated rings. The quantitative estimate of drug-likeness (QED) is 0.564. The van der Waals surface area contributed by atoms with E-state index in [4.69, 9.17) is 0 Å². The molecule has 3 aromatic rings. The van der Waals surface area contributed by atoms with Crippen LogP contribution in [0.1, 0.15) is 27.8 Å². The van der Waals surface area contributed by atoms with Gasteiger partial charge in [0.1, 0.15) is 0 Å². The summed E-state index contributed by atoms with van der Waals surface area (Å²) in [6.45, 7) is 4.48. The van der Waals surface area contributed by atoms with Gasteiger partial charge in [-0.15, -0.1) is 11.8 Å². The first kappa shape index (κ1) is 14.6. The maximum Gasteiger partial charge on any atom is 0.0921 e. The first-order valence-electron chi connectivity index (χ1n) is 8.01. The van der Waals surface area contributed by atoms with Crippen LogP contribution >= 0.6 is 11.8 Å². The zero-order valence-corrected chi connectivity index (χ0v) is 14.6. The molecule has 0 unspecified atom stereocenters. The van der Waals surface area contributed by atoms with Gasteiger partial charge in [-0.2, -0.15) is 0 Å². The highest BCUT2D eigenvalue weighted by molar-refractivity contribution is 8.00. The van der Waals surface area contributed by atoms with Gasteiger partial charge >= 0.3 is 0 Å². The van der Waals surface area contributed by atoms with Crippen LogP contribution < -0.4 is 0 Å². The van der Waals surface area contributed by atoms with Crippen LogP contribution in [-0.4, -0.2) is 6.26 Å². The van der Waals surface area contributed by atoms with E-state index in [1.807, 2.05) is 11.8 Å². The number of aryl methyl sites for hydroxylation is 2. The Morgan fingerprint density at radius 3 is 1.61 bits per heavy atom. The van der Waals surface area contributed by atoms with Crippen LogP contribution in [0.4, 0.5) is 0 Å². The molecule has 0 spiro atoms. The van der Waals surface area contributed by atoms with E-state index in [1.54, 1.807) is 0 Å². The summed E-state index contributed by atoms with van der Waals surface area (Å²) in [6.07, 6.45) is 2.24. The van der Waals surface area contributed by atoms with E-state index < -0.39 is 0 Å². The normalized spacial score (nSPS) is 14.4. The zero-order chi connectivity index (χ0) is 16.0. The Bertz CT molecular complexity index is 826. The van der Waals surface area contributed by atoms with Crippen molar-refractivity contribution in [2.75, 3.05) is 6.26 Å². The van der Waals surface area contributed by atoms with E-state index in [1.165, 1.54) is 38.9 Å². The van der Waals surface area contributed by atoms with Crippen molar-refractivity contribution in [3.63, 3.8) is 0 Å². The first-order valence-corrected chi connectivity index (χ1v) is 9.24. The Kier molecular flexibility index (Phi) is 3.35. The molecule has 0 saturated carbocycles. The molecule has 0 bridgehead atoms. The minimum atomic E-state index is -0.109. The number of benzene rings is 3. The highest BCUT2D eigenvalue weighted by Crippen LogP contribution is 2.58. The summed E-state index contributed by atoms with van der Waals surface area (Å²) in [6, 6.07) is 24.4. The summed E-state index contributed by atoms with van der Waals surface area (Å²) < 4.78 is -0.109. The van der Waals surface area contributed by atoms with E-state index in [2.05, 4.69) is 86.8 Å². The van der Waals surface area contributed by atoms with E-state index in [0.717, 1.165) is 0 Å². The van der Waals surface area contributed by atoms with E-state index in [0.29, 0.717) is 0 Å². The Morgan fingerprint density at radius 2 is 1.13 bits per heavy atom. The van der Waals surface area contributed by atoms with Crippen molar-refractivity contribution < 1.29 is 0 Å². The Balaban J connectivity index is 2.17. The minimum Gasteiger partial charge on any atom is -0.144 e. The van der Waals surface area contributed by atoms with Crippen LogP contribution in [0, 0.1) is 13.8 Å². The molecule has 0 heterocycles. The molecule has 114 valence electrons. The van der Waals surface area contributed by atoms with E-state index in [9.17, 15) is 0 Å². The van der Waals surface area contributed by atoms with Gasteiger partial charge in [-0.25, -0.2) is 0 Å². The van der Waals surface area contributed by atoms with Gasteiger partial charge in [0.2, 0.25) is 0 Å². The summed E-state index contributed by atoms with van der Waals surface area (Å²) in [5.41, 5.74) is 9.78. The van der Waals surface area contributed by atoms with Gasteiger partial charge < -0.3 is 0 Å². The molecule has 4 rings (SSSR count). The second-order valence-electron chi connectivity index (χ2n) is 6.24. The van der Waals surface area contributed by atoms with Gasteiger partial charge in [0.05, 0.1) is 4.75 Å². The predicted octanol–water partition coefficient (Wildman–Crippen LogP) is 5.94. The number of rotatable bonds is 2. The third-order valence-corrected chi connectivity index (χ3v) is 6.30. The second-order valence-corrected chi connectivity index (χ2v) is 7.26. The second kappa shape index (κ2) is 5.28. The molecule has 1 heteroatoms. The average molecular weight is 316 g/mol. The molecule has 0 amide bonds. The molecule has 23 heavy (non-hydrogen) atoms. The maximum absolute atomic E-state index is 2.30. The van der Waals surface area contributed by atoms with Crippen molar-refractivity contribution in [1.82, 2.24) is 0 Å². The Labute approximate surface area is 142 Å². The number of thioether (sulfide) groups is 1. The molecule has 0 aromatic heterocycles. The molecule has 1 aliphatic rings. The van der Waals surface area contributed by atoms with Crippen LogP contribution in [0.25, 0.3) is 11.1 Å². The molecule has 0 radical (unpaired) electrons. The summed E-state index contributed by atoms with van der Waals surface area (Å²) in [5, 5.41) is 0. The van der Waals surface area contributed by atoms with Crippen molar-refractivity contribution in [3.8, 4) is 11.1 Å². The van der Waals surface area contributed by atoms with E-state index in [-0.39, 0.29) is 4.75 Å². The van der Waals surface area contributed by atoms with Crippen molar-refractivity contribution in [1.29, 1.82) is 0 Å². The monoisotopic (exact) mass is 316 g/mol. The summed E-state index contributed by atoms with van der Waals surface area (Å²) in [7, 11) is 0. The average Bonchev–Trinajstić information content (AvgIpc) is 2.86. The van der Waals surface area contributed by atoms with Crippen molar-refractivity contribution >= 4 is 11.8 Å². The SMILES string of the molecule is CSC1(c2c(C)cccc2C)c2ccccc2-c2ccccc21. The van der Waals surface area contributed by atoms with Crippen LogP contribution in [0.15, 0.2) is 66.7 Å². The summed E-state index contributed by atoms with van der Waals surface area (Å²) in [5.74, 6) is 0. The fourth-order valence-corrected chi connectivity index (χ4v) is 5.48.